The van der Waals surface area contributed by atoms with Crippen LogP contribution in [0.15, 0.2) is 59.5 Å². The minimum atomic E-state index is -0.430. The SMILES string of the molecule is COC(=O)c1c(C)c2c(-c3c(CN(C)Cc4cc(CSc5cc(O)c6ccccc6c5)n(C)n4)nn(C)c3C)c(Cl)ccc2n1CCCO. The van der Waals surface area contributed by atoms with Gasteiger partial charge in [-0.25, -0.2) is 4.79 Å². The zero-order valence-electron chi connectivity index (χ0n) is 28.6. The first-order valence-electron chi connectivity index (χ1n) is 16.1. The Morgan fingerprint density at radius 1 is 1.02 bits per heavy atom. The second-order valence-electron chi connectivity index (χ2n) is 12.4. The molecule has 10 nitrogen and oxygen atoms in total. The van der Waals surface area contributed by atoms with Crippen LogP contribution in [-0.4, -0.2) is 66.0 Å². The number of esters is 1. The van der Waals surface area contributed by atoms with Gasteiger partial charge in [0.05, 0.1) is 18.5 Å². The minimum Gasteiger partial charge on any atom is -0.507 e. The molecule has 12 heteroatoms. The number of phenolic OH excluding ortho intramolecular Hbond substituents is 1. The smallest absolute Gasteiger partial charge is 0.354 e. The summed E-state index contributed by atoms with van der Waals surface area (Å²) in [6, 6.07) is 17.7. The molecule has 6 aromatic rings. The van der Waals surface area contributed by atoms with E-state index in [9.17, 15) is 15.0 Å². The van der Waals surface area contributed by atoms with E-state index in [2.05, 4.69) is 17.0 Å². The summed E-state index contributed by atoms with van der Waals surface area (Å²) in [6.07, 6.45) is 0.494. The second-order valence-corrected chi connectivity index (χ2v) is 13.9. The number of aliphatic hydroxyl groups excluding tert-OH is 1. The van der Waals surface area contributed by atoms with Gasteiger partial charge in [0.25, 0.3) is 0 Å². The Bertz CT molecular complexity index is 2190. The van der Waals surface area contributed by atoms with Crippen LogP contribution in [0.4, 0.5) is 0 Å². The average Bonchev–Trinajstić information content (AvgIpc) is 3.67. The Labute approximate surface area is 294 Å². The molecule has 0 bridgehead atoms. The van der Waals surface area contributed by atoms with Crippen LogP contribution < -0.4 is 0 Å². The van der Waals surface area contributed by atoms with Gasteiger partial charge >= 0.3 is 5.97 Å². The molecule has 0 aliphatic carbocycles. The Hall–Kier alpha value is -4.29. The number of carbonyl (C=O) groups excluding carboxylic acids is 1. The summed E-state index contributed by atoms with van der Waals surface area (Å²) in [4.78, 5) is 16.2. The number of aliphatic hydroxyl groups is 1. The maximum atomic E-state index is 13.0. The fourth-order valence-electron chi connectivity index (χ4n) is 6.67. The number of hydrogen-bond donors (Lipinski definition) is 2. The third kappa shape index (κ3) is 6.68. The van der Waals surface area contributed by atoms with E-state index in [4.69, 9.17) is 26.5 Å². The topological polar surface area (TPSA) is 111 Å². The van der Waals surface area contributed by atoms with Crippen LogP contribution in [0, 0.1) is 13.8 Å². The largest absolute Gasteiger partial charge is 0.507 e. The number of carbonyl (C=O) groups is 1. The van der Waals surface area contributed by atoms with Crippen molar-refractivity contribution in [3.8, 4) is 16.9 Å². The van der Waals surface area contributed by atoms with Gasteiger partial charge in [-0.2, -0.15) is 10.2 Å². The summed E-state index contributed by atoms with van der Waals surface area (Å²) in [5, 5.41) is 33.1. The van der Waals surface area contributed by atoms with Gasteiger partial charge in [-0.15, -0.1) is 11.8 Å². The van der Waals surface area contributed by atoms with Crippen LogP contribution in [0.25, 0.3) is 32.8 Å². The summed E-state index contributed by atoms with van der Waals surface area (Å²) in [7, 11) is 7.30. The summed E-state index contributed by atoms with van der Waals surface area (Å²) in [5.41, 5.74) is 7.68. The average molecular weight is 701 g/mol. The van der Waals surface area contributed by atoms with Crippen LogP contribution in [-0.2, 0) is 44.2 Å². The van der Waals surface area contributed by atoms with Crippen molar-refractivity contribution in [3.63, 3.8) is 0 Å². The molecule has 49 heavy (non-hydrogen) atoms. The van der Waals surface area contributed by atoms with E-state index in [-0.39, 0.29) is 12.4 Å². The van der Waals surface area contributed by atoms with Crippen molar-refractivity contribution in [2.24, 2.45) is 14.1 Å². The summed E-state index contributed by atoms with van der Waals surface area (Å²) in [5.74, 6) is 0.565. The third-order valence-electron chi connectivity index (χ3n) is 9.08. The number of ether oxygens (including phenoxy) is 1. The maximum Gasteiger partial charge on any atom is 0.354 e. The Balaban J connectivity index is 1.27. The molecule has 2 N–H and O–H groups in total. The highest BCUT2D eigenvalue weighted by molar-refractivity contribution is 7.98. The molecule has 0 aliphatic rings. The molecule has 0 radical (unpaired) electrons. The lowest BCUT2D eigenvalue weighted by Gasteiger charge is -2.16. The van der Waals surface area contributed by atoms with E-state index >= 15 is 0 Å². The molecule has 0 unspecified atom stereocenters. The number of phenols is 1. The molecular formula is C37H41ClN6O4S. The number of thioether (sulfide) groups is 1. The second kappa shape index (κ2) is 14.3. The minimum absolute atomic E-state index is 0.00355. The molecule has 0 saturated carbocycles. The Kier molecular flexibility index (Phi) is 10.1. The fraction of sp³-hybridized carbons (Fsp3) is 0.324. The summed E-state index contributed by atoms with van der Waals surface area (Å²) in [6.45, 7) is 5.55. The van der Waals surface area contributed by atoms with Gasteiger partial charge in [0.2, 0.25) is 0 Å². The monoisotopic (exact) mass is 700 g/mol. The first-order valence-corrected chi connectivity index (χ1v) is 17.5. The lowest BCUT2D eigenvalue weighted by Crippen LogP contribution is -2.18. The number of fused-ring (bicyclic) bond motifs is 2. The van der Waals surface area contributed by atoms with Crippen molar-refractivity contribution in [1.82, 2.24) is 29.0 Å². The first-order chi connectivity index (χ1) is 23.5. The molecule has 0 fully saturated rings. The van der Waals surface area contributed by atoms with Gasteiger partial charge in [-0.3, -0.25) is 14.3 Å². The zero-order valence-corrected chi connectivity index (χ0v) is 30.2. The summed E-state index contributed by atoms with van der Waals surface area (Å²) < 4.78 is 10.9. The molecule has 3 heterocycles. The van der Waals surface area contributed by atoms with Gasteiger partial charge < -0.3 is 19.5 Å². The predicted octanol–water partition coefficient (Wildman–Crippen LogP) is 7.00. The molecule has 3 aromatic carbocycles. The molecule has 0 amide bonds. The lowest BCUT2D eigenvalue weighted by atomic mass is 9.96. The van der Waals surface area contributed by atoms with E-state index in [1.54, 1.807) is 11.8 Å². The van der Waals surface area contributed by atoms with E-state index in [0.717, 1.165) is 66.0 Å². The molecule has 0 spiro atoms. The zero-order chi connectivity index (χ0) is 35.0. The number of methoxy groups -OCH3 is 1. The van der Waals surface area contributed by atoms with Crippen molar-refractivity contribution < 1.29 is 19.7 Å². The predicted molar refractivity (Wildman–Crippen MR) is 195 cm³/mol. The van der Waals surface area contributed by atoms with Crippen LogP contribution >= 0.6 is 23.4 Å². The lowest BCUT2D eigenvalue weighted by molar-refractivity contribution is 0.0587. The number of hydrogen-bond acceptors (Lipinski definition) is 8. The number of rotatable bonds is 12. The highest BCUT2D eigenvalue weighted by atomic mass is 35.5. The van der Waals surface area contributed by atoms with Crippen LogP contribution in [0.5, 0.6) is 5.75 Å². The van der Waals surface area contributed by atoms with E-state index in [1.807, 2.05) is 91.4 Å². The maximum absolute atomic E-state index is 13.0. The number of nitrogens with zero attached hydrogens (tertiary/aromatic N) is 6. The number of aromatic nitrogens is 5. The Morgan fingerprint density at radius 3 is 2.55 bits per heavy atom. The van der Waals surface area contributed by atoms with E-state index < -0.39 is 5.97 Å². The normalized spacial score (nSPS) is 11.8. The number of halogens is 1. The van der Waals surface area contributed by atoms with Crippen molar-refractivity contribution in [2.45, 2.75) is 50.6 Å². The van der Waals surface area contributed by atoms with Crippen molar-refractivity contribution in [1.29, 1.82) is 0 Å². The van der Waals surface area contributed by atoms with Gasteiger partial charge in [0.15, 0.2) is 0 Å². The molecule has 0 aliphatic heterocycles. The van der Waals surface area contributed by atoms with Crippen molar-refractivity contribution in [2.75, 3.05) is 20.8 Å². The molecule has 256 valence electrons. The molecule has 6 rings (SSSR count). The van der Waals surface area contributed by atoms with Gasteiger partial charge in [-0.1, -0.05) is 35.9 Å². The van der Waals surface area contributed by atoms with Crippen LogP contribution in [0.2, 0.25) is 5.02 Å². The molecular weight excluding hydrogens is 660 g/mol. The number of aryl methyl sites for hydroxylation is 4. The first kappa shape index (κ1) is 34.6. The van der Waals surface area contributed by atoms with Crippen molar-refractivity contribution >= 4 is 51.0 Å². The van der Waals surface area contributed by atoms with Gasteiger partial charge in [0, 0.05) is 94.8 Å². The highest BCUT2D eigenvalue weighted by Gasteiger charge is 2.28. The molecule has 0 saturated heterocycles. The van der Waals surface area contributed by atoms with Gasteiger partial charge in [-0.05, 0) is 68.6 Å². The molecule has 0 atom stereocenters. The van der Waals surface area contributed by atoms with E-state index in [0.29, 0.717) is 42.5 Å². The van der Waals surface area contributed by atoms with Gasteiger partial charge in [0.1, 0.15) is 11.4 Å². The van der Waals surface area contributed by atoms with E-state index in [1.165, 1.54) is 7.11 Å². The quantitative estimate of drug-likeness (QED) is 0.104. The third-order valence-corrected chi connectivity index (χ3v) is 10.4. The number of benzene rings is 3. The number of aromatic hydroxyl groups is 1. The van der Waals surface area contributed by atoms with Crippen molar-refractivity contribution in [3.05, 3.63) is 93.7 Å². The fourth-order valence-corrected chi connectivity index (χ4v) is 7.91. The standard InChI is InChI=1S/C37H41ClN6O4S/c1-22-33-31(44(14-9-15-45)36(22)37(47)48-6)13-12-29(38)35(33)34-23(2)42(4)40-30(34)20-41(3)19-25-17-26(43(5)39-25)21-49-27-16-24-10-7-8-11-28(24)32(46)18-27/h7-8,10-13,16-18,45-46H,9,14-15,19-21H2,1-6H3. The Morgan fingerprint density at radius 2 is 1.80 bits per heavy atom. The summed E-state index contributed by atoms with van der Waals surface area (Å²) >= 11 is 8.66. The van der Waals surface area contributed by atoms with Crippen LogP contribution in [0.3, 0.4) is 0 Å². The van der Waals surface area contributed by atoms with Crippen LogP contribution in [0.1, 0.15) is 45.2 Å². The molecule has 3 aromatic heterocycles. The highest BCUT2D eigenvalue weighted by Crippen LogP contribution is 2.43.